The number of anilines is 1. The molecule has 3 saturated heterocycles. The number of piperazine rings is 1. The molecule has 1 N–H and O–H groups in total. The van der Waals surface area contributed by atoms with Crippen LogP contribution in [0.1, 0.15) is 31.2 Å². The van der Waals surface area contributed by atoms with Gasteiger partial charge in [0.25, 0.3) is 0 Å². The van der Waals surface area contributed by atoms with Crippen molar-refractivity contribution in [2.24, 2.45) is 0 Å². The van der Waals surface area contributed by atoms with Gasteiger partial charge in [0.1, 0.15) is 0 Å². The van der Waals surface area contributed by atoms with Crippen LogP contribution in [-0.4, -0.2) is 83.7 Å². The number of nitrogens with zero attached hydrogens (tertiary/aromatic N) is 4. The van der Waals surface area contributed by atoms with Crippen molar-refractivity contribution in [3.63, 3.8) is 0 Å². The third-order valence-electron chi connectivity index (χ3n) is 6.39. The molecule has 158 valence electrons. The molecule has 0 aromatic heterocycles. The summed E-state index contributed by atoms with van der Waals surface area (Å²) in [5.41, 5.74) is 2.36. The SMILES string of the molecule is O=C(O)N1CCN(Cc2ccc(Cl)cc2N2CCC(N3CCCCC3=O)C2)CC1. The van der Waals surface area contributed by atoms with Crippen LogP contribution >= 0.6 is 11.6 Å². The molecule has 4 rings (SSSR count). The highest BCUT2D eigenvalue weighted by molar-refractivity contribution is 6.30. The van der Waals surface area contributed by atoms with Crippen LogP contribution in [0.3, 0.4) is 0 Å². The zero-order valence-electron chi connectivity index (χ0n) is 16.7. The van der Waals surface area contributed by atoms with Gasteiger partial charge in [0.05, 0.1) is 6.04 Å². The number of hydrogen-bond acceptors (Lipinski definition) is 4. The van der Waals surface area contributed by atoms with Gasteiger partial charge in [-0.15, -0.1) is 0 Å². The molecule has 3 fully saturated rings. The molecule has 3 aliphatic heterocycles. The topological polar surface area (TPSA) is 67.3 Å². The van der Waals surface area contributed by atoms with E-state index < -0.39 is 6.09 Å². The van der Waals surface area contributed by atoms with E-state index in [0.717, 1.165) is 69.2 Å². The van der Waals surface area contributed by atoms with Crippen LogP contribution in [-0.2, 0) is 11.3 Å². The molecule has 3 aliphatic rings. The summed E-state index contributed by atoms with van der Waals surface area (Å²) in [5, 5.41) is 9.86. The maximum absolute atomic E-state index is 12.3. The minimum absolute atomic E-state index is 0.286. The van der Waals surface area contributed by atoms with Crippen LogP contribution in [0.25, 0.3) is 0 Å². The predicted octanol–water partition coefficient (Wildman–Crippen LogP) is 2.73. The van der Waals surface area contributed by atoms with Crippen molar-refractivity contribution in [2.75, 3.05) is 50.7 Å². The summed E-state index contributed by atoms with van der Waals surface area (Å²) >= 11 is 6.32. The molecule has 7 nitrogen and oxygen atoms in total. The van der Waals surface area contributed by atoms with Crippen molar-refractivity contribution in [3.8, 4) is 0 Å². The van der Waals surface area contributed by atoms with Gasteiger partial charge in [-0.3, -0.25) is 9.69 Å². The average Bonchev–Trinajstić information content (AvgIpc) is 3.20. The molecule has 0 saturated carbocycles. The van der Waals surface area contributed by atoms with E-state index in [2.05, 4.69) is 20.8 Å². The number of rotatable bonds is 4. The van der Waals surface area contributed by atoms with Crippen molar-refractivity contribution in [2.45, 2.75) is 38.3 Å². The van der Waals surface area contributed by atoms with Crippen LogP contribution < -0.4 is 4.90 Å². The Morgan fingerprint density at radius 3 is 2.62 bits per heavy atom. The van der Waals surface area contributed by atoms with Crippen LogP contribution in [0.2, 0.25) is 5.02 Å². The van der Waals surface area contributed by atoms with Crippen molar-refractivity contribution >= 4 is 29.3 Å². The highest BCUT2D eigenvalue weighted by Crippen LogP contribution is 2.31. The maximum Gasteiger partial charge on any atom is 0.407 e. The van der Waals surface area contributed by atoms with Crippen LogP contribution in [0.4, 0.5) is 10.5 Å². The molecule has 29 heavy (non-hydrogen) atoms. The number of benzene rings is 1. The maximum atomic E-state index is 12.3. The van der Waals surface area contributed by atoms with E-state index in [1.165, 1.54) is 10.5 Å². The molecule has 0 aliphatic carbocycles. The fraction of sp³-hybridized carbons (Fsp3) is 0.619. The summed E-state index contributed by atoms with van der Waals surface area (Å²) in [6, 6.07) is 6.33. The van der Waals surface area contributed by atoms with E-state index >= 15 is 0 Å². The van der Waals surface area contributed by atoms with E-state index in [-0.39, 0.29) is 6.04 Å². The molecule has 1 unspecified atom stereocenters. The van der Waals surface area contributed by atoms with E-state index in [9.17, 15) is 9.59 Å². The predicted molar refractivity (Wildman–Crippen MR) is 113 cm³/mol. The van der Waals surface area contributed by atoms with Gasteiger partial charge >= 0.3 is 6.09 Å². The number of piperidine rings is 1. The summed E-state index contributed by atoms with van der Waals surface area (Å²) < 4.78 is 0. The second-order valence-corrected chi connectivity index (χ2v) is 8.69. The molecule has 1 aromatic carbocycles. The first-order valence-electron chi connectivity index (χ1n) is 10.5. The normalized spacial score (nSPS) is 23.7. The summed E-state index contributed by atoms with van der Waals surface area (Å²) in [5.74, 6) is 0.297. The molecule has 0 radical (unpaired) electrons. The second-order valence-electron chi connectivity index (χ2n) is 8.25. The summed E-state index contributed by atoms with van der Waals surface area (Å²) in [6.45, 7) is 6.00. The van der Waals surface area contributed by atoms with E-state index in [1.54, 1.807) is 0 Å². The van der Waals surface area contributed by atoms with Gasteiger partial charge in [0.15, 0.2) is 0 Å². The van der Waals surface area contributed by atoms with Gasteiger partial charge in [0, 0.05) is 69.5 Å². The molecule has 1 atom stereocenters. The van der Waals surface area contributed by atoms with Crippen LogP contribution in [0, 0.1) is 0 Å². The number of hydrogen-bond donors (Lipinski definition) is 1. The fourth-order valence-corrected chi connectivity index (χ4v) is 4.90. The average molecular weight is 421 g/mol. The summed E-state index contributed by atoms with van der Waals surface area (Å²) in [4.78, 5) is 31.7. The minimum Gasteiger partial charge on any atom is -0.465 e. The third kappa shape index (κ3) is 4.61. The van der Waals surface area contributed by atoms with E-state index in [4.69, 9.17) is 16.7 Å². The number of amides is 2. The van der Waals surface area contributed by atoms with Crippen molar-refractivity contribution < 1.29 is 14.7 Å². The van der Waals surface area contributed by atoms with Gasteiger partial charge in [0.2, 0.25) is 5.91 Å². The number of carboxylic acid groups (broad SMARTS) is 1. The van der Waals surface area contributed by atoms with Crippen molar-refractivity contribution in [3.05, 3.63) is 28.8 Å². The Morgan fingerprint density at radius 1 is 1.10 bits per heavy atom. The first-order chi connectivity index (χ1) is 14.0. The molecule has 2 amide bonds. The molecule has 0 spiro atoms. The zero-order valence-corrected chi connectivity index (χ0v) is 17.5. The van der Waals surface area contributed by atoms with Gasteiger partial charge in [-0.1, -0.05) is 17.7 Å². The molecule has 0 bridgehead atoms. The molecule has 1 aromatic rings. The zero-order chi connectivity index (χ0) is 20.4. The van der Waals surface area contributed by atoms with Crippen LogP contribution in [0.15, 0.2) is 18.2 Å². The molecular weight excluding hydrogens is 392 g/mol. The van der Waals surface area contributed by atoms with E-state index in [0.29, 0.717) is 25.4 Å². The Bertz CT molecular complexity index is 766. The lowest BCUT2D eigenvalue weighted by atomic mass is 10.1. The van der Waals surface area contributed by atoms with Crippen molar-refractivity contribution in [1.82, 2.24) is 14.7 Å². The quantitative estimate of drug-likeness (QED) is 0.811. The molecule has 3 heterocycles. The number of carbonyl (C=O) groups excluding carboxylic acids is 1. The lowest BCUT2D eigenvalue weighted by molar-refractivity contribution is -0.135. The summed E-state index contributed by atoms with van der Waals surface area (Å²) in [7, 11) is 0. The molecular formula is C21H29ClN4O3. The Morgan fingerprint density at radius 2 is 1.90 bits per heavy atom. The highest BCUT2D eigenvalue weighted by atomic mass is 35.5. The minimum atomic E-state index is -0.841. The molecule has 8 heteroatoms. The Hall–Kier alpha value is -1.99. The number of carbonyl (C=O) groups is 2. The first-order valence-corrected chi connectivity index (χ1v) is 10.9. The van der Waals surface area contributed by atoms with E-state index in [1.807, 2.05) is 12.1 Å². The Labute approximate surface area is 176 Å². The lowest BCUT2D eigenvalue weighted by Crippen LogP contribution is -2.47. The number of halogens is 1. The largest absolute Gasteiger partial charge is 0.465 e. The fourth-order valence-electron chi connectivity index (χ4n) is 4.73. The first kappa shape index (κ1) is 20.3. The van der Waals surface area contributed by atoms with Gasteiger partial charge in [-0.25, -0.2) is 4.79 Å². The van der Waals surface area contributed by atoms with Gasteiger partial charge in [-0.05, 0) is 37.0 Å². The smallest absolute Gasteiger partial charge is 0.407 e. The van der Waals surface area contributed by atoms with Crippen molar-refractivity contribution in [1.29, 1.82) is 0 Å². The Balaban J connectivity index is 1.43. The second kappa shape index (κ2) is 8.79. The Kier molecular flexibility index (Phi) is 6.15. The standard InChI is InChI=1S/C21H29ClN4O3/c22-17-5-4-16(14-23-9-11-24(12-10-23)21(28)29)19(13-17)25-8-6-18(15-25)26-7-2-1-3-20(26)27/h4-5,13,18H,1-3,6-12,14-15H2,(H,28,29). The van der Waals surface area contributed by atoms with Crippen LogP contribution in [0.5, 0.6) is 0 Å². The van der Waals surface area contributed by atoms with Gasteiger partial charge < -0.3 is 19.8 Å². The third-order valence-corrected chi connectivity index (χ3v) is 6.62. The summed E-state index contributed by atoms with van der Waals surface area (Å²) in [6.07, 6.45) is 2.95. The highest BCUT2D eigenvalue weighted by Gasteiger charge is 2.33. The van der Waals surface area contributed by atoms with Gasteiger partial charge in [-0.2, -0.15) is 0 Å². The number of likely N-dealkylation sites (tertiary alicyclic amines) is 1. The monoisotopic (exact) mass is 420 g/mol. The lowest BCUT2D eigenvalue weighted by Gasteiger charge is -2.34.